The Hall–Kier alpha value is -1.57. The van der Waals surface area contributed by atoms with E-state index in [0.29, 0.717) is 5.82 Å². The van der Waals surface area contributed by atoms with Gasteiger partial charge >= 0.3 is 0 Å². The zero-order valence-electron chi connectivity index (χ0n) is 10.2. The average molecular weight is 342 g/mol. The van der Waals surface area contributed by atoms with Gasteiger partial charge in [0, 0.05) is 5.56 Å². The number of nitrogens with two attached hydrogens (primary N) is 1. The van der Waals surface area contributed by atoms with Crippen molar-refractivity contribution >= 4 is 48.6 Å². The minimum absolute atomic E-state index is 0. The van der Waals surface area contributed by atoms with E-state index in [1.54, 1.807) is 13.0 Å². The van der Waals surface area contributed by atoms with Gasteiger partial charge in [0.05, 0.1) is 11.2 Å². The van der Waals surface area contributed by atoms with Crippen molar-refractivity contribution < 1.29 is 4.39 Å². The minimum Gasteiger partial charge on any atom is -0.335 e. The summed E-state index contributed by atoms with van der Waals surface area (Å²) >= 11 is 5.83. The van der Waals surface area contributed by atoms with Gasteiger partial charge in [0.2, 0.25) is 0 Å². The second-order valence-electron chi connectivity index (χ2n) is 3.45. The van der Waals surface area contributed by atoms with Crippen molar-refractivity contribution in [2.45, 2.75) is 6.92 Å². The number of anilines is 1. The van der Waals surface area contributed by atoms with E-state index >= 15 is 0 Å². The van der Waals surface area contributed by atoms with Crippen LogP contribution in [0.2, 0.25) is 5.02 Å². The molecule has 3 N–H and O–H groups in total. The van der Waals surface area contributed by atoms with E-state index in [0.717, 1.165) is 0 Å². The van der Waals surface area contributed by atoms with Crippen molar-refractivity contribution in [1.82, 2.24) is 14.9 Å². The van der Waals surface area contributed by atoms with E-state index in [-0.39, 0.29) is 41.3 Å². The van der Waals surface area contributed by atoms with Crippen molar-refractivity contribution in [3.8, 4) is 0 Å². The smallest absolute Gasteiger partial charge is 0.263 e. The molecule has 110 valence electrons. The summed E-state index contributed by atoms with van der Waals surface area (Å²) in [5.74, 6) is 5.91. The average Bonchev–Trinajstić information content (AvgIpc) is 2.65. The third kappa shape index (κ3) is 3.96. The summed E-state index contributed by atoms with van der Waals surface area (Å²) in [4.78, 5) is 0. The fraction of sp³-hybridized carbons (Fsp3) is 0.100. The lowest BCUT2D eigenvalue weighted by Crippen LogP contribution is -2.13. The molecule has 0 unspecified atom stereocenters. The molecule has 0 atom stereocenters. The Bertz CT molecular complexity index is 580. The maximum Gasteiger partial charge on any atom is 0.263 e. The highest BCUT2D eigenvalue weighted by Crippen LogP contribution is 2.16. The van der Waals surface area contributed by atoms with Crippen LogP contribution < -0.4 is 11.3 Å². The molecule has 20 heavy (non-hydrogen) atoms. The Morgan fingerprint density at radius 1 is 1.40 bits per heavy atom. The van der Waals surface area contributed by atoms with Gasteiger partial charge in [-0.25, -0.2) is 14.5 Å². The first kappa shape index (κ1) is 18.4. The third-order valence-electron chi connectivity index (χ3n) is 2.22. The summed E-state index contributed by atoms with van der Waals surface area (Å²) < 4.78 is 14.6. The van der Waals surface area contributed by atoms with Crippen LogP contribution in [0.15, 0.2) is 23.3 Å². The molecule has 0 radical (unpaired) electrons. The second kappa shape index (κ2) is 7.88. The van der Waals surface area contributed by atoms with Gasteiger partial charge in [-0.1, -0.05) is 17.7 Å². The van der Waals surface area contributed by atoms with Crippen molar-refractivity contribution in [1.29, 1.82) is 0 Å². The minimum atomic E-state index is -0.460. The highest BCUT2D eigenvalue weighted by molar-refractivity contribution is 6.33. The summed E-state index contributed by atoms with van der Waals surface area (Å²) in [6.07, 6.45) is 1.25. The standard InChI is InChI=1S/C10H10ClFN6.2ClH/c1-6-15-17-10(18(6)13)16-14-5-7-8(11)3-2-4-9(7)12;;/h2-5H,13H2,1H3,(H,16,17);2*1H/b14-5+;;. The van der Waals surface area contributed by atoms with Crippen LogP contribution in [-0.4, -0.2) is 21.1 Å². The number of halogens is 4. The molecule has 1 heterocycles. The summed E-state index contributed by atoms with van der Waals surface area (Å²) in [6.45, 7) is 1.69. The van der Waals surface area contributed by atoms with Crippen LogP contribution in [0.25, 0.3) is 0 Å². The van der Waals surface area contributed by atoms with E-state index in [1.165, 1.54) is 23.0 Å². The van der Waals surface area contributed by atoms with E-state index < -0.39 is 5.82 Å². The Morgan fingerprint density at radius 2 is 2.10 bits per heavy atom. The predicted octanol–water partition coefficient (Wildman–Crippen LogP) is 2.38. The molecular formula is C10H12Cl3FN6. The van der Waals surface area contributed by atoms with Gasteiger partial charge in [-0.3, -0.25) is 0 Å². The van der Waals surface area contributed by atoms with Crippen LogP contribution >= 0.6 is 36.4 Å². The van der Waals surface area contributed by atoms with Gasteiger partial charge in [0.1, 0.15) is 5.82 Å². The van der Waals surface area contributed by atoms with Crippen molar-refractivity contribution in [3.63, 3.8) is 0 Å². The number of nitrogens with zero attached hydrogens (tertiary/aromatic N) is 4. The molecule has 1 aromatic heterocycles. The third-order valence-corrected chi connectivity index (χ3v) is 2.55. The number of nitrogens with one attached hydrogen (secondary N) is 1. The molecule has 1 aromatic carbocycles. The number of aromatic nitrogens is 3. The molecule has 0 bridgehead atoms. The number of nitrogen functional groups attached to an aromatic ring is 1. The number of hydrogen-bond donors (Lipinski definition) is 2. The predicted molar refractivity (Wildman–Crippen MR) is 82.0 cm³/mol. The zero-order valence-corrected chi connectivity index (χ0v) is 12.6. The lowest BCUT2D eigenvalue weighted by Gasteiger charge is -2.01. The van der Waals surface area contributed by atoms with Crippen LogP contribution in [0.1, 0.15) is 11.4 Å². The molecule has 2 rings (SSSR count). The van der Waals surface area contributed by atoms with Crippen LogP contribution in [0.3, 0.4) is 0 Å². The fourth-order valence-corrected chi connectivity index (χ4v) is 1.45. The van der Waals surface area contributed by atoms with Gasteiger partial charge in [-0.05, 0) is 19.1 Å². The molecule has 0 aliphatic heterocycles. The van der Waals surface area contributed by atoms with Crippen molar-refractivity contribution in [3.05, 3.63) is 40.4 Å². The van der Waals surface area contributed by atoms with Gasteiger partial charge in [0.25, 0.3) is 5.95 Å². The first-order chi connectivity index (χ1) is 8.59. The molecule has 0 amide bonds. The Balaban J connectivity index is 0.00000180. The Kier molecular flexibility index (Phi) is 7.26. The molecule has 0 aliphatic rings. The fourth-order valence-electron chi connectivity index (χ4n) is 1.23. The quantitative estimate of drug-likeness (QED) is 0.510. The van der Waals surface area contributed by atoms with Crippen LogP contribution in [-0.2, 0) is 0 Å². The summed E-state index contributed by atoms with van der Waals surface area (Å²) in [5.41, 5.74) is 2.73. The molecular weight excluding hydrogens is 330 g/mol. The second-order valence-corrected chi connectivity index (χ2v) is 3.85. The lowest BCUT2D eigenvalue weighted by molar-refractivity contribution is 0.626. The molecule has 2 aromatic rings. The van der Waals surface area contributed by atoms with Gasteiger partial charge in [0.15, 0.2) is 5.82 Å². The first-order valence-electron chi connectivity index (χ1n) is 5.00. The maximum atomic E-state index is 13.4. The number of rotatable bonds is 3. The van der Waals surface area contributed by atoms with Crippen LogP contribution in [0.4, 0.5) is 10.3 Å². The van der Waals surface area contributed by atoms with E-state index in [9.17, 15) is 4.39 Å². The lowest BCUT2D eigenvalue weighted by atomic mass is 10.2. The molecule has 0 spiro atoms. The molecule has 0 aliphatic carbocycles. The number of benzene rings is 1. The van der Waals surface area contributed by atoms with Crippen LogP contribution in [0, 0.1) is 12.7 Å². The van der Waals surface area contributed by atoms with Gasteiger partial charge in [-0.15, -0.1) is 35.0 Å². The number of hydrogen-bond acceptors (Lipinski definition) is 5. The number of aryl methyl sites for hydroxylation is 1. The molecule has 6 nitrogen and oxygen atoms in total. The molecule has 10 heteroatoms. The van der Waals surface area contributed by atoms with Gasteiger partial charge < -0.3 is 5.84 Å². The topological polar surface area (TPSA) is 81.1 Å². The number of hydrazone groups is 1. The van der Waals surface area contributed by atoms with E-state index in [2.05, 4.69) is 20.7 Å². The normalized spacial score (nSPS) is 9.95. The highest BCUT2D eigenvalue weighted by Gasteiger charge is 2.05. The SMILES string of the molecule is Cc1nnc(N/N=C/c2c(F)cccc2Cl)n1N.Cl.Cl. The maximum absolute atomic E-state index is 13.4. The van der Waals surface area contributed by atoms with Crippen molar-refractivity contribution in [2.75, 3.05) is 11.3 Å². The van der Waals surface area contributed by atoms with Crippen molar-refractivity contribution in [2.24, 2.45) is 5.10 Å². The summed E-state index contributed by atoms with van der Waals surface area (Å²) in [5, 5.41) is 11.5. The summed E-state index contributed by atoms with van der Waals surface area (Å²) in [6, 6.07) is 4.38. The zero-order chi connectivity index (χ0) is 13.1. The van der Waals surface area contributed by atoms with Crippen LogP contribution in [0.5, 0.6) is 0 Å². The first-order valence-corrected chi connectivity index (χ1v) is 5.37. The molecule has 0 fully saturated rings. The van der Waals surface area contributed by atoms with E-state index in [1.807, 2.05) is 0 Å². The molecule has 0 saturated heterocycles. The monoisotopic (exact) mass is 340 g/mol. The molecule has 0 saturated carbocycles. The Morgan fingerprint density at radius 3 is 2.65 bits per heavy atom. The summed E-state index contributed by atoms with van der Waals surface area (Å²) in [7, 11) is 0. The highest BCUT2D eigenvalue weighted by atomic mass is 35.5. The van der Waals surface area contributed by atoms with E-state index in [4.69, 9.17) is 17.4 Å². The van der Waals surface area contributed by atoms with Gasteiger partial charge in [-0.2, -0.15) is 5.10 Å². The Labute approximate surface area is 132 Å². The largest absolute Gasteiger partial charge is 0.335 e.